The zero-order valence-electron chi connectivity index (χ0n) is 14.7. The Morgan fingerprint density at radius 3 is 2.68 bits per heavy atom. The molecule has 25 heavy (non-hydrogen) atoms. The summed E-state index contributed by atoms with van der Waals surface area (Å²) in [6, 6.07) is 11.8. The first-order valence-electron chi connectivity index (χ1n) is 8.60. The van der Waals surface area contributed by atoms with Crippen LogP contribution in [0.25, 0.3) is 10.8 Å². The number of methoxy groups -OCH3 is 1. The van der Waals surface area contributed by atoms with E-state index in [0.717, 1.165) is 35.1 Å². The Hall–Kier alpha value is -2.56. The van der Waals surface area contributed by atoms with Crippen LogP contribution in [0.1, 0.15) is 31.2 Å². The Morgan fingerprint density at radius 1 is 1.20 bits per heavy atom. The van der Waals surface area contributed by atoms with E-state index in [-0.39, 0.29) is 24.4 Å². The second-order valence-corrected chi connectivity index (χ2v) is 6.35. The number of hydrogen-bond acceptors (Lipinski definition) is 4. The molecule has 0 aliphatic carbocycles. The average molecular weight is 341 g/mol. The normalized spacial score (nSPS) is 15.4. The van der Waals surface area contributed by atoms with Crippen LogP contribution in [0.15, 0.2) is 36.4 Å². The lowest BCUT2D eigenvalue weighted by molar-refractivity contribution is -0.146. The average Bonchev–Trinajstić information content (AvgIpc) is 3.05. The third-order valence-corrected chi connectivity index (χ3v) is 4.70. The van der Waals surface area contributed by atoms with Crippen molar-refractivity contribution in [2.75, 3.05) is 26.8 Å². The fraction of sp³-hybridized carbons (Fsp3) is 0.400. The molecule has 1 amide bonds. The lowest BCUT2D eigenvalue weighted by Crippen LogP contribution is -2.29. The summed E-state index contributed by atoms with van der Waals surface area (Å²) in [6.07, 6.45) is 1.50. The van der Waals surface area contributed by atoms with Crippen LogP contribution in [-0.4, -0.2) is 43.6 Å². The Bertz CT molecular complexity index is 786. The fourth-order valence-electron chi connectivity index (χ4n) is 3.10. The summed E-state index contributed by atoms with van der Waals surface area (Å²) in [4.78, 5) is 25.6. The van der Waals surface area contributed by atoms with E-state index in [1.165, 1.54) is 0 Å². The van der Waals surface area contributed by atoms with Crippen molar-refractivity contribution < 1.29 is 19.1 Å². The van der Waals surface area contributed by atoms with Gasteiger partial charge in [-0.05, 0) is 41.8 Å². The van der Waals surface area contributed by atoms with E-state index in [9.17, 15) is 9.59 Å². The van der Waals surface area contributed by atoms with E-state index in [4.69, 9.17) is 9.47 Å². The van der Waals surface area contributed by atoms with Gasteiger partial charge in [0, 0.05) is 13.0 Å². The molecule has 0 radical (unpaired) electrons. The van der Waals surface area contributed by atoms with Crippen LogP contribution in [-0.2, 0) is 14.3 Å². The maximum Gasteiger partial charge on any atom is 0.313 e. The summed E-state index contributed by atoms with van der Waals surface area (Å²) < 4.78 is 10.6. The number of rotatable bonds is 6. The van der Waals surface area contributed by atoms with Crippen LogP contribution in [0.2, 0.25) is 0 Å². The van der Waals surface area contributed by atoms with Gasteiger partial charge in [0.05, 0.1) is 19.6 Å². The maximum atomic E-state index is 12.3. The van der Waals surface area contributed by atoms with Crippen molar-refractivity contribution in [3.63, 3.8) is 0 Å². The second-order valence-electron chi connectivity index (χ2n) is 6.35. The lowest BCUT2D eigenvalue weighted by Gasteiger charge is -2.17. The number of carbonyl (C=O) groups is 2. The standard InChI is InChI=1S/C20H23NO4/c1-14(20(23)25-11-10-21-9-3-4-19(21)22)15-5-6-17-13-18(24-2)8-7-16(17)12-15/h5-8,12-14H,3-4,9-11H2,1-2H3. The molecule has 2 aromatic carbocycles. The lowest BCUT2D eigenvalue weighted by atomic mass is 9.98. The summed E-state index contributed by atoms with van der Waals surface area (Å²) in [6.45, 7) is 3.34. The van der Waals surface area contributed by atoms with Crippen LogP contribution >= 0.6 is 0 Å². The molecule has 5 nitrogen and oxygen atoms in total. The summed E-state index contributed by atoms with van der Waals surface area (Å²) in [5.74, 6) is 0.346. The molecule has 1 fully saturated rings. The van der Waals surface area contributed by atoms with Gasteiger partial charge in [-0.3, -0.25) is 9.59 Å². The number of ether oxygens (including phenoxy) is 2. The van der Waals surface area contributed by atoms with Gasteiger partial charge in [0.15, 0.2) is 0 Å². The van der Waals surface area contributed by atoms with E-state index in [0.29, 0.717) is 13.0 Å². The highest BCUT2D eigenvalue weighted by molar-refractivity contribution is 5.86. The van der Waals surface area contributed by atoms with E-state index in [1.54, 1.807) is 12.0 Å². The minimum atomic E-state index is -0.346. The minimum Gasteiger partial charge on any atom is -0.497 e. The quantitative estimate of drug-likeness (QED) is 0.758. The van der Waals surface area contributed by atoms with Gasteiger partial charge in [0.25, 0.3) is 0 Å². The fourth-order valence-corrected chi connectivity index (χ4v) is 3.10. The summed E-state index contributed by atoms with van der Waals surface area (Å²) in [5, 5.41) is 2.12. The molecule has 1 unspecified atom stereocenters. The van der Waals surface area contributed by atoms with Crippen LogP contribution < -0.4 is 4.74 Å². The third kappa shape index (κ3) is 3.92. The van der Waals surface area contributed by atoms with Gasteiger partial charge in [0.2, 0.25) is 5.91 Å². The molecule has 5 heteroatoms. The number of carbonyl (C=O) groups excluding carboxylic acids is 2. The Labute approximate surface area is 147 Å². The number of amides is 1. The number of nitrogens with zero attached hydrogens (tertiary/aromatic N) is 1. The van der Waals surface area contributed by atoms with Crippen molar-refractivity contribution >= 4 is 22.6 Å². The molecule has 0 N–H and O–H groups in total. The molecule has 0 saturated carbocycles. The first-order chi connectivity index (χ1) is 12.1. The number of hydrogen-bond donors (Lipinski definition) is 0. The molecule has 2 aromatic rings. The first kappa shape index (κ1) is 17.3. The van der Waals surface area contributed by atoms with Gasteiger partial charge >= 0.3 is 5.97 Å². The highest BCUT2D eigenvalue weighted by Crippen LogP contribution is 2.25. The number of esters is 1. The van der Waals surface area contributed by atoms with Crippen molar-refractivity contribution in [1.29, 1.82) is 0 Å². The van der Waals surface area contributed by atoms with Gasteiger partial charge in [-0.1, -0.05) is 24.3 Å². The van der Waals surface area contributed by atoms with Crippen LogP contribution in [0.3, 0.4) is 0 Å². The van der Waals surface area contributed by atoms with E-state index < -0.39 is 0 Å². The molecule has 1 aliphatic rings. The summed E-state index contributed by atoms with van der Waals surface area (Å²) >= 11 is 0. The van der Waals surface area contributed by atoms with Crippen molar-refractivity contribution in [2.24, 2.45) is 0 Å². The van der Waals surface area contributed by atoms with E-state index >= 15 is 0 Å². The van der Waals surface area contributed by atoms with Crippen LogP contribution in [0, 0.1) is 0 Å². The summed E-state index contributed by atoms with van der Waals surface area (Å²) in [7, 11) is 1.64. The molecule has 0 bridgehead atoms. The molecule has 132 valence electrons. The Morgan fingerprint density at radius 2 is 1.96 bits per heavy atom. The molecule has 0 spiro atoms. The molecule has 1 aliphatic heterocycles. The highest BCUT2D eigenvalue weighted by Gasteiger charge is 2.21. The molecule has 1 atom stereocenters. The molecule has 0 aromatic heterocycles. The van der Waals surface area contributed by atoms with Crippen LogP contribution in [0.4, 0.5) is 0 Å². The largest absolute Gasteiger partial charge is 0.497 e. The van der Waals surface area contributed by atoms with Crippen molar-refractivity contribution in [3.8, 4) is 5.75 Å². The maximum absolute atomic E-state index is 12.3. The zero-order chi connectivity index (χ0) is 17.8. The number of likely N-dealkylation sites (tertiary alicyclic amines) is 1. The molecular weight excluding hydrogens is 318 g/mol. The Balaban J connectivity index is 1.61. The highest BCUT2D eigenvalue weighted by atomic mass is 16.5. The molecule has 1 heterocycles. The second kappa shape index (κ2) is 7.55. The monoisotopic (exact) mass is 341 g/mol. The molecular formula is C20H23NO4. The number of fused-ring (bicyclic) bond motifs is 1. The zero-order valence-corrected chi connectivity index (χ0v) is 14.7. The van der Waals surface area contributed by atoms with Gasteiger partial charge < -0.3 is 14.4 Å². The van der Waals surface area contributed by atoms with Crippen LogP contribution in [0.5, 0.6) is 5.75 Å². The van der Waals surface area contributed by atoms with Crippen molar-refractivity contribution in [2.45, 2.75) is 25.7 Å². The SMILES string of the molecule is COc1ccc2cc(C(C)C(=O)OCCN3CCCC3=O)ccc2c1. The van der Waals surface area contributed by atoms with E-state index in [2.05, 4.69) is 0 Å². The predicted octanol–water partition coefficient (Wildman–Crippen LogP) is 3.12. The van der Waals surface area contributed by atoms with Gasteiger partial charge in [-0.25, -0.2) is 0 Å². The molecule has 3 rings (SSSR count). The van der Waals surface area contributed by atoms with Crippen molar-refractivity contribution in [1.82, 2.24) is 4.90 Å². The Kier molecular flexibility index (Phi) is 5.22. The predicted molar refractivity (Wildman–Crippen MR) is 95.7 cm³/mol. The topological polar surface area (TPSA) is 55.8 Å². The third-order valence-electron chi connectivity index (χ3n) is 4.70. The summed E-state index contributed by atoms with van der Waals surface area (Å²) in [5.41, 5.74) is 0.917. The smallest absolute Gasteiger partial charge is 0.313 e. The van der Waals surface area contributed by atoms with Gasteiger partial charge in [-0.15, -0.1) is 0 Å². The number of benzene rings is 2. The van der Waals surface area contributed by atoms with Gasteiger partial charge in [-0.2, -0.15) is 0 Å². The minimum absolute atomic E-state index is 0.147. The van der Waals surface area contributed by atoms with E-state index in [1.807, 2.05) is 43.3 Å². The first-order valence-corrected chi connectivity index (χ1v) is 8.60. The van der Waals surface area contributed by atoms with Gasteiger partial charge in [0.1, 0.15) is 12.4 Å². The molecule has 1 saturated heterocycles. The van der Waals surface area contributed by atoms with Crippen molar-refractivity contribution in [3.05, 3.63) is 42.0 Å².